The van der Waals surface area contributed by atoms with E-state index < -0.39 is 10.5 Å². The molecule has 4 heterocycles. The number of anilines is 4. The molecule has 0 saturated carbocycles. The minimum atomic E-state index is -0.486. The molecular formula is C52H40N6O2S6. The van der Waals surface area contributed by atoms with E-state index in [4.69, 9.17) is 34.4 Å². The molecule has 66 heavy (non-hydrogen) atoms. The van der Waals surface area contributed by atoms with Crippen molar-refractivity contribution in [2.24, 2.45) is 0 Å². The molecule has 2 aliphatic rings. The lowest BCUT2D eigenvalue weighted by atomic mass is 10.0. The minimum absolute atomic E-state index is 0.0662. The van der Waals surface area contributed by atoms with Gasteiger partial charge in [-0.25, -0.2) is 9.97 Å². The summed E-state index contributed by atoms with van der Waals surface area (Å²) in [6.07, 6.45) is 1.58. The van der Waals surface area contributed by atoms with Crippen LogP contribution >= 0.6 is 70.6 Å². The van der Waals surface area contributed by atoms with Gasteiger partial charge in [-0.1, -0.05) is 194 Å². The molecule has 0 spiro atoms. The summed E-state index contributed by atoms with van der Waals surface area (Å²) in [6.45, 7) is 0. The van der Waals surface area contributed by atoms with Gasteiger partial charge in [0.1, 0.15) is 19.1 Å². The fourth-order valence-corrected chi connectivity index (χ4v) is 12.8. The van der Waals surface area contributed by atoms with Gasteiger partial charge < -0.3 is 10.6 Å². The Morgan fingerprint density at radius 1 is 0.485 bits per heavy atom. The van der Waals surface area contributed by atoms with Crippen molar-refractivity contribution in [3.8, 4) is 22.5 Å². The van der Waals surface area contributed by atoms with Crippen LogP contribution in [0.4, 0.5) is 21.6 Å². The van der Waals surface area contributed by atoms with Crippen molar-refractivity contribution in [1.29, 1.82) is 0 Å². The second kappa shape index (κ2) is 19.8. The van der Waals surface area contributed by atoms with Gasteiger partial charge in [0.15, 0.2) is 10.3 Å². The molecule has 8 aromatic rings. The number of thiocarbonyl (C=S) groups is 2. The first kappa shape index (κ1) is 43.9. The maximum Gasteiger partial charge on any atom is 0.248 e. The number of amides is 2. The molecule has 4 atom stereocenters. The van der Waals surface area contributed by atoms with Crippen molar-refractivity contribution >= 4 is 113 Å². The Morgan fingerprint density at radius 3 is 1.20 bits per heavy atom. The predicted molar refractivity (Wildman–Crippen MR) is 284 cm³/mol. The Morgan fingerprint density at radius 2 is 0.833 bits per heavy atom. The summed E-state index contributed by atoms with van der Waals surface area (Å²) >= 11 is 17.6. The van der Waals surface area contributed by atoms with Gasteiger partial charge in [-0.15, -0.1) is 22.7 Å². The monoisotopic (exact) mass is 972 g/mol. The highest BCUT2D eigenvalue weighted by Crippen LogP contribution is 2.43. The zero-order chi connectivity index (χ0) is 45.0. The number of thioether (sulfide) groups is 2. The number of aromatic nitrogens is 2. The number of carbonyl (C=O) groups is 2. The summed E-state index contributed by atoms with van der Waals surface area (Å²) in [6, 6.07) is 55.6. The van der Waals surface area contributed by atoms with Crippen LogP contribution in [0.2, 0.25) is 0 Å². The number of nitrogens with zero attached hydrogens (tertiary/aromatic N) is 4. The first-order valence-corrected chi connectivity index (χ1v) is 25.6. The third-order valence-corrected chi connectivity index (χ3v) is 16.2. The average Bonchev–Trinajstić information content (AvgIpc) is 4.17. The van der Waals surface area contributed by atoms with E-state index in [1.807, 2.05) is 156 Å². The molecule has 0 radical (unpaired) electrons. The van der Waals surface area contributed by atoms with Crippen molar-refractivity contribution in [2.75, 3.05) is 20.4 Å². The van der Waals surface area contributed by atoms with Gasteiger partial charge in [0.05, 0.1) is 34.8 Å². The maximum absolute atomic E-state index is 14.3. The number of benzene rings is 6. The lowest BCUT2D eigenvalue weighted by Gasteiger charge is -2.23. The van der Waals surface area contributed by atoms with E-state index in [1.165, 1.54) is 46.2 Å². The lowest BCUT2D eigenvalue weighted by molar-refractivity contribution is -0.117. The van der Waals surface area contributed by atoms with Crippen LogP contribution < -0.4 is 20.4 Å². The molecule has 2 saturated heterocycles. The zero-order valence-electron chi connectivity index (χ0n) is 35.1. The highest BCUT2D eigenvalue weighted by molar-refractivity contribution is 8.25. The molecule has 2 N–H and O–H groups in total. The first-order chi connectivity index (χ1) is 32.4. The summed E-state index contributed by atoms with van der Waals surface area (Å²) in [5.41, 5.74) is 9.60. The number of thiazole rings is 2. The summed E-state index contributed by atoms with van der Waals surface area (Å²) < 4.78 is 1.04. The SMILES string of the molecule is O=C1C(C(Nc2nc(-c3ccccc3)cs2)c2ccccc2)SC(=S)N1c1ccc(CCc2ccc(N3C(=O)C(C(Nc4nc(-c5ccccc5)cs4)c4ccccc4)SC3=S)cc2)cc1. The van der Waals surface area contributed by atoms with Crippen molar-refractivity contribution in [3.05, 3.63) is 203 Å². The van der Waals surface area contributed by atoms with Crippen LogP contribution in [0, 0.1) is 0 Å². The van der Waals surface area contributed by atoms with Crippen molar-refractivity contribution in [2.45, 2.75) is 35.4 Å². The zero-order valence-corrected chi connectivity index (χ0v) is 40.0. The molecule has 14 heteroatoms. The van der Waals surface area contributed by atoms with Gasteiger partial charge in [-0.2, -0.15) is 0 Å². The Balaban J connectivity index is 0.783. The molecule has 2 aromatic heterocycles. The Labute approximate surface area is 410 Å². The third kappa shape index (κ3) is 9.48. The lowest BCUT2D eigenvalue weighted by Crippen LogP contribution is -2.35. The maximum atomic E-state index is 14.3. The number of rotatable bonds is 15. The van der Waals surface area contributed by atoms with Crippen LogP contribution in [0.1, 0.15) is 34.3 Å². The second-order valence-corrected chi connectivity index (χ2v) is 20.9. The summed E-state index contributed by atoms with van der Waals surface area (Å²) in [4.78, 5) is 41.6. The smallest absolute Gasteiger partial charge is 0.248 e. The normalized spacial score (nSPS) is 17.0. The minimum Gasteiger partial charge on any atom is -0.353 e. The summed E-state index contributed by atoms with van der Waals surface area (Å²) in [5.74, 6) is -0.132. The van der Waals surface area contributed by atoms with Gasteiger partial charge in [0, 0.05) is 21.9 Å². The van der Waals surface area contributed by atoms with Crippen molar-refractivity contribution in [3.63, 3.8) is 0 Å². The van der Waals surface area contributed by atoms with Gasteiger partial charge in [-0.3, -0.25) is 19.4 Å². The van der Waals surface area contributed by atoms with Crippen LogP contribution in [0.15, 0.2) is 181 Å². The highest BCUT2D eigenvalue weighted by atomic mass is 32.2. The van der Waals surface area contributed by atoms with Crippen LogP contribution in [-0.4, -0.2) is 40.9 Å². The fourth-order valence-electron chi connectivity index (χ4n) is 8.07. The van der Waals surface area contributed by atoms with E-state index in [2.05, 4.69) is 34.9 Å². The standard InChI is InChI=1S/C52H40N6O2S6/c59-47-45(43(37-17-9-3-10-18-37)55-49-53-41(31-63-49)35-13-5-1-6-14-35)65-51(61)57(47)39-27-23-33(24-28-39)21-22-34-25-29-40(30-26-34)58-48(60)46(66-52(58)62)44(38-19-11-4-12-20-38)56-50-54-42(32-64-50)36-15-7-2-8-16-36/h1-20,23-32,43-46H,21-22H2,(H,53,55)(H,54,56). The molecular weight excluding hydrogens is 933 g/mol. The molecule has 2 aliphatic heterocycles. The number of hydrogen-bond acceptors (Lipinski definition) is 12. The fraction of sp³-hybridized carbons (Fsp3) is 0.115. The van der Waals surface area contributed by atoms with Crippen LogP contribution in [0.3, 0.4) is 0 Å². The molecule has 2 fully saturated rings. The summed E-state index contributed by atoms with van der Waals surface area (Å²) in [5, 5.41) is 11.8. The molecule has 8 nitrogen and oxygen atoms in total. The topological polar surface area (TPSA) is 90.5 Å². The molecule has 4 unspecified atom stereocenters. The van der Waals surface area contributed by atoms with Gasteiger partial charge in [0.2, 0.25) is 11.8 Å². The Kier molecular flexibility index (Phi) is 13.2. The van der Waals surface area contributed by atoms with E-state index in [-0.39, 0.29) is 23.9 Å². The van der Waals surface area contributed by atoms with Gasteiger partial charge >= 0.3 is 0 Å². The number of aryl methyl sites for hydroxylation is 2. The van der Waals surface area contributed by atoms with E-state index in [9.17, 15) is 9.59 Å². The van der Waals surface area contributed by atoms with Crippen molar-refractivity contribution < 1.29 is 9.59 Å². The molecule has 10 rings (SSSR count). The van der Waals surface area contributed by atoms with E-state index in [0.717, 1.165) is 79.2 Å². The van der Waals surface area contributed by atoms with E-state index >= 15 is 0 Å². The van der Waals surface area contributed by atoms with E-state index in [0.29, 0.717) is 8.64 Å². The second-order valence-electron chi connectivity index (χ2n) is 15.7. The largest absolute Gasteiger partial charge is 0.353 e. The predicted octanol–water partition coefficient (Wildman–Crippen LogP) is 12.9. The average molecular weight is 973 g/mol. The van der Waals surface area contributed by atoms with Crippen LogP contribution in [0.5, 0.6) is 0 Å². The number of carbonyl (C=O) groups excluding carboxylic acids is 2. The van der Waals surface area contributed by atoms with Gasteiger partial charge in [-0.05, 0) is 59.4 Å². The summed E-state index contributed by atoms with van der Waals surface area (Å²) in [7, 11) is 0. The Bertz CT molecular complexity index is 2780. The molecule has 2 amide bonds. The quantitative estimate of drug-likeness (QED) is 0.0968. The number of nitrogens with one attached hydrogen (secondary N) is 2. The number of hydrogen-bond donors (Lipinski definition) is 2. The third-order valence-electron chi connectivity index (χ3n) is 11.5. The molecule has 326 valence electrons. The van der Waals surface area contributed by atoms with Gasteiger partial charge in [0.25, 0.3) is 0 Å². The first-order valence-electron chi connectivity index (χ1n) is 21.3. The molecule has 0 aliphatic carbocycles. The van der Waals surface area contributed by atoms with E-state index in [1.54, 1.807) is 9.80 Å². The van der Waals surface area contributed by atoms with Crippen molar-refractivity contribution in [1.82, 2.24) is 9.97 Å². The molecule has 0 bridgehead atoms. The molecule has 6 aromatic carbocycles. The Hall–Kier alpha value is -6.00. The van der Waals surface area contributed by atoms with Crippen LogP contribution in [-0.2, 0) is 22.4 Å². The van der Waals surface area contributed by atoms with Crippen LogP contribution in [0.25, 0.3) is 22.5 Å². The highest BCUT2D eigenvalue weighted by Gasteiger charge is 2.45.